The zero-order chi connectivity index (χ0) is 27.9. The molecule has 0 aliphatic heterocycles. The topological polar surface area (TPSA) is 105 Å². The van der Waals surface area contributed by atoms with Gasteiger partial charge in [0.25, 0.3) is 10.0 Å². The van der Waals surface area contributed by atoms with Crippen LogP contribution in [0.25, 0.3) is 0 Å². The quantitative estimate of drug-likeness (QED) is 0.384. The predicted octanol–water partition coefficient (Wildman–Crippen LogP) is 3.72. The van der Waals surface area contributed by atoms with Crippen LogP contribution in [0.3, 0.4) is 0 Å². The Morgan fingerprint density at radius 1 is 0.974 bits per heavy atom. The van der Waals surface area contributed by atoms with Gasteiger partial charge in [0.1, 0.15) is 24.1 Å². The number of likely N-dealkylation sites (N-methyl/N-ethyl adjacent to an activating group) is 1. The highest BCUT2D eigenvalue weighted by atomic mass is 35.5. The van der Waals surface area contributed by atoms with Gasteiger partial charge in [-0.25, -0.2) is 8.42 Å². The van der Waals surface area contributed by atoms with Crippen molar-refractivity contribution in [3.05, 3.63) is 83.4 Å². The highest BCUT2D eigenvalue weighted by Crippen LogP contribution is 2.33. The fourth-order valence-electron chi connectivity index (χ4n) is 3.85. The number of hydrogen-bond donors (Lipinski definition) is 1. The van der Waals surface area contributed by atoms with Crippen molar-refractivity contribution in [3.8, 4) is 11.5 Å². The lowest BCUT2D eigenvalue weighted by atomic mass is 10.1. The highest BCUT2D eigenvalue weighted by Gasteiger charge is 2.33. The molecule has 9 nitrogen and oxygen atoms in total. The third kappa shape index (κ3) is 6.56. The molecule has 0 fully saturated rings. The van der Waals surface area contributed by atoms with E-state index in [9.17, 15) is 18.0 Å². The fourth-order valence-corrected chi connectivity index (χ4v) is 5.49. The van der Waals surface area contributed by atoms with Gasteiger partial charge in [-0.3, -0.25) is 13.9 Å². The van der Waals surface area contributed by atoms with E-state index in [0.717, 1.165) is 4.31 Å². The summed E-state index contributed by atoms with van der Waals surface area (Å²) in [5, 5.41) is 3.02. The molecule has 0 aliphatic carbocycles. The number of carbonyl (C=O) groups excluding carboxylic acids is 2. The van der Waals surface area contributed by atoms with E-state index in [0.29, 0.717) is 16.3 Å². The van der Waals surface area contributed by atoms with Gasteiger partial charge < -0.3 is 19.7 Å². The van der Waals surface area contributed by atoms with Gasteiger partial charge in [0.15, 0.2) is 0 Å². The zero-order valence-electron chi connectivity index (χ0n) is 21.5. The van der Waals surface area contributed by atoms with Crippen LogP contribution in [-0.2, 0) is 26.2 Å². The van der Waals surface area contributed by atoms with Crippen molar-refractivity contribution in [1.29, 1.82) is 0 Å². The first kappa shape index (κ1) is 28.8. The molecule has 0 aromatic heterocycles. The lowest BCUT2D eigenvalue weighted by Gasteiger charge is -2.32. The van der Waals surface area contributed by atoms with Crippen LogP contribution in [0.4, 0.5) is 5.69 Å². The van der Waals surface area contributed by atoms with E-state index in [2.05, 4.69) is 5.32 Å². The van der Waals surface area contributed by atoms with Gasteiger partial charge in [-0.1, -0.05) is 35.9 Å². The molecular weight excluding hydrogens is 530 g/mol. The molecule has 0 saturated heterocycles. The van der Waals surface area contributed by atoms with Crippen LogP contribution in [0.1, 0.15) is 12.5 Å². The highest BCUT2D eigenvalue weighted by molar-refractivity contribution is 7.92. The first-order valence-electron chi connectivity index (χ1n) is 11.7. The third-order valence-electron chi connectivity index (χ3n) is 5.94. The van der Waals surface area contributed by atoms with Gasteiger partial charge in [-0.15, -0.1) is 0 Å². The van der Waals surface area contributed by atoms with Crippen molar-refractivity contribution in [2.75, 3.05) is 32.1 Å². The van der Waals surface area contributed by atoms with Crippen LogP contribution in [0, 0.1) is 0 Å². The minimum atomic E-state index is -4.24. The smallest absolute Gasteiger partial charge is 0.264 e. The summed E-state index contributed by atoms with van der Waals surface area (Å²) in [6, 6.07) is 18.3. The maximum absolute atomic E-state index is 13.9. The fraction of sp³-hybridized carbons (Fsp3) is 0.259. The minimum Gasteiger partial charge on any atom is -0.497 e. The average molecular weight is 560 g/mol. The second kappa shape index (κ2) is 12.7. The Kier molecular flexibility index (Phi) is 9.60. The molecule has 0 heterocycles. The van der Waals surface area contributed by atoms with Gasteiger partial charge in [0, 0.05) is 18.6 Å². The van der Waals surface area contributed by atoms with Gasteiger partial charge in [-0.2, -0.15) is 0 Å². The Balaban J connectivity index is 2.07. The number of benzene rings is 3. The second-order valence-electron chi connectivity index (χ2n) is 8.30. The molecule has 11 heteroatoms. The first-order chi connectivity index (χ1) is 18.1. The molecule has 1 N–H and O–H groups in total. The number of methoxy groups -OCH3 is 2. The van der Waals surface area contributed by atoms with Crippen LogP contribution >= 0.6 is 11.6 Å². The van der Waals surface area contributed by atoms with Crippen LogP contribution in [0.2, 0.25) is 5.02 Å². The Bertz CT molecular complexity index is 1380. The van der Waals surface area contributed by atoms with E-state index in [1.807, 2.05) is 0 Å². The third-order valence-corrected chi connectivity index (χ3v) is 7.94. The lowest BCUT2D eigenvalue weighted by Crippen LogP contribution is -2.50. The maximum atomic E-state index is 13.9. The van der Waals surface area contributed by atoms with Crippen LogP contribution < -0.4 is 19.1 Å². The summed E-state index contributed by atoms with van der Waals surface area (Å²) in [6.07, 6.45) is 0. The summed E-state index contributed by atoms with van der Waals surface area (Å²) in [4.78, 5) is 27.6. The summed E-state index contributed by atoms with van der Waals surface area (Å²) in [7, 11) is 0.118. The average Bonchev–Trinajstić information content (AvgIpc) is 2.93. The number of anilines is 1. The number of hydrogen-bond acceptors (Lipinski definition) is 6. The number of carbonyl (C=O) groups is 2. The van der Waals surface area contributed by atoms with E-state index in [-0.39, 0.29) is 22.9 Å². The zero-order valence-corrected chi connectivity index (χ0v) is 23.1. The molecule has 38 heavy (non-hydrogen) atoms. The second-order valence-corrected chi connectivity index (χ2v) is 10.6. The minimum absolute atomic E-state index is 0.0380. The van der Waals surface area contributed by atoms with Crippen molar-refractivity contribution in [3.63, 3.8) is 0 Å². The molecule has 0 saturated carbocycles. The number of nitrogens with zero attached hydrogens (tertiary/aromatic N) is 2. The van der Waals surface area contributed by atoms with E-state index in [1.54, 1.807) is 55.5 Å². The van der Waals surface area contributed by atoms with Gasteiger partial charge in [0.2, 0.25) is 11.8 Å². The summed E-state index contributed by atoms with van der Waals surface area (Å²) in [6.45, 7) is 1.03. The number of sulfonamides is 1. The van der Waals surface area contributed by atoms with E-state index >= 15 is 0 Å². The van der Waals surface area contributed by atoms with Crippen LogP contribution in [0.5, 0.6) is 11.5 Å². The molecule has 0 spiro atoms. The molecule has 2 amide bonds. The van der Waals surface area contributed by atoms with Crippen molar-refractivity contribution in [1.82, 2.24) is 10.2 Å². The maximum Gasteiger partial charge on any atom is 0.264 e. The molecule has 3 aromatic rings. The number of para-hydroxylation sites is 2. The Hall–Kier alpha value is -3.76. The van der Waals surface area contributed by atoms with Crippen molar-refractivity contribution in [2.24, 2.45) is 0 Å². The summed E-state index contributed by atoms with van der Waals surface area (Å²) in [5.41, 5.74) is 0.859. The number of rotatable bonds is 11. The molecule has 202 valence electrons. The van der Waals surface area contributed by atoms with E-state index < -0.39 is 34.4 Å². The van der Waals surface area contributed by atoms with Crippen molar-refractivity contribution in [2.45, 2.75) is 24.4 Å². The number of amides is 2. The molecule has 3 aromatic carbocycles. The first-order valence-corrected chi connectivity index (χ1v) is 13.5. The van der Waals surface area contributed by atoms with Gasteiger partial charge in [0.05, 0.1) is 24.8 Å². The van der Waals surface area contributed by atoms with Crippen LogP contribution in [0.15, 0.2) is 77.7 Å². The summed E-state index contributed by atoms with van der Waals surface area (Å²) in [5.74, 6) is -0.250. The lowest BCUT2D eigenvalue weighted by molar-refractivity contribution is -0.139. The van der Waals surface area contributed by atoms with Crippen molar-refractivity contribution >= 4 is 39.1 Å². The van der Waals surface area contributed by atoms with E-state index in [4.69, 9.17) is 21.1 Å². The summed E-state index contributed by atoms with van der Waals surface area (Å²) >= 11 is 6.13. The largest absolute Gasteiger partial charge is 0.497 e. The molecule has 0 unspecified atom stereocenters. The number of nitrogens with one attached hydrogen (secondary N) is 1. The molecule has 3 rings (SSSR count). The van der Waals surface area contributed by atoms with Gasteiger partial charge in [-0.05, 0) is 61.0 Å². The molecule has 0 aliphatic rings. The van der Waals surface area contributed by atoms with Crippen LogP contribution in [-0.4, -0.2) is 59.0 Å². The molecule has 0 radical (unpaired) electrons. The molecule has 0 bridgehead atoms. The van der Waals surface area contributed by atoms with E-state index in [1.165, 1.54) is 50.4 Å². The summed E-state index contributed by atoms with van der Waals surface area (Å²) < 4.78 is 39.3. The Labute approximate surface area is 228 Å². The number of halogens is 1. The van der Waals surface area contributed by atoms with Crippen molar-refractivity contribution < 1.29 is 27.5 Å². The molecule has 1 atom stereocenters. The number of ether oxygens (including phenoxy) is 2. The Morgan fingerprint density at radius 3 is 2.26 bits per heavy atom. The normalized spacial score (nSPS) is 11.8. The standard InChI is InChI=1S/C27H30ClN3O6S/c1-19(27(33)29-2)30(17-20-8-7-9-21(28)16-20)26(32)18-31(24-10-5-6-11-25(24)37-4)38(34,35)23-14-12-22(36-3)13-15-23/h5-16,19H,17-18H2,1-4H3,(H,29,33)/t19-/m0/s1. The van der Waals surface area contributed by atoms with Gasteiger partial charge >= 0.3 is 0 Å². The Morgan fingerprint density at radius 2 is 1.66 bits per heavy atom. The SMILES string of the molecule is CNC(=O)[C@H](C)N(Cc1cccc(Cl)c1)C(=O)CN(c1ccccc1OC)S(=O)(=O)c1ccc(OC)cc1. The molecular formula is C27H30ClN3O6S. The predicted molar refractivity (Wildman–Crippen MR) is 146 cm³/mol. The monoisotopic (exact) mass is 559 g/mol.